The van der Waals surface area contributed by atoms with E-state index < -0.39 is 0 Å². The maximum atomic E-state index is 11.1. The molecule has 6 nitrogen and oxygen atoms in total. The molecule has 6 heteroatoms. The minimum atomic E-state index is 0.0820. The van der Waals surface area contributed by atoms with Crippen molar-refractivity contribution in [3.8, 4) is 45.6 Å². The summed E-state index contributed by atoms with van der Waals surface area (Å²) in [5.74, 6) is 3.56. The van der Waals surface area contributed by atoms with Crippen molar-refractivity contribution in [1.29, 1.82) is 0 Å². The van der Waals surface area contributed by atoms with E-state index in [1.807, 2.05) is 12.1 Å². The number of phenols is 1. The first-order valence-corrected chi connectivity index (χ1v) is 9.46. The van der Waals surface area contributed by atoms with E-state index in [2.05, 4.69) is 13.8 Å². The summed E-state index contributed by atoms with van der Waals surface area (Å²) in [6.07, 6.45) is 1.65. The molecule has 0 aromatic heterocycles. The highest BCUT2D eigenvalue weighted by Crippen LogP contribution is 2.56. The molecule has 2 atom stereocenters. The quantitative estimate of drug-likeness (QED) is 0.853. The van der Waals surface area contributed by atoms with Crippen molar-refractivity contribution < 1.29 is 28.8 Å². The Hall–Kier alpha value is -2.76. The average Bonchev–Trinajstić information content (AvgIpc) is 3.15. The van der Waals surface area contributed by atoms with Gasteiger partial charge in [-0.3, -0.25) is 0 Å². The van der Waals surface area contributed by atoms with Crippen molar-refractivity contribution in [3.63, 3.8) is 0 Å². The predicted molar refractivity (Wildman–Crippen MR) is 105 cm³/mol. The zero-order valence-electron chi connectivity index (χ0n) is 16.9. The third kappa shape index (κ3) is 2.70. The highest BCUT2D eigenvalue weighted by Gasteiger charge is 2.33. The maximum Gasteiger partial charge on any atom is 0.231 e. The Bertz CT molecular complexity index is 920. The van der Waals surface area contributed by atoms with Crippen LogP contribution < -0.4 is 23.7 Å². The molecule has 0 spiro atoms. The van der Waals surface area contributed by atoms with Crippen LogP contribution in [0.25, 0.3) is 11.1 Å². The smallest absolute Gasteiger partial charge is 0.231 e. The summed E-state index contributed by atoms with van der Waals surface area (Å²) >= 11 is 0. The van der Waals surface area contributed by atoms with Crippen LogP contribution in [0.4, 0.5) is 0 Å². The van der Waals surface area contributed by atoms with Crippen LogP contribution in [0.1, 0.15) is 25.0 Å². The van der Waals surface area contributed by atoms with Crippen molar-refractivity contribution in [3.05, 3.63) is 23.3 Å². The van der Waals surface area contributed by atoms with Crippen molar-refractivity contribution >= 4 is 0 Å². The molecule has 1 N–H and O–H groups in total. The molecule has 2 aliphatic rings. The Balaban J connectivity index is 2.10. The Kier molecular flexibility index (Phi) is 4.65. The first kappa shape index (κ1) is 18.6. The fourth-order valence-corrected chi connectivity index (χ4v) is 4.25. The molecular weight excluding hydrogens is 360 g/mol. The van der Waals surface area contributed by atoms with Gasteiger partial charge in [0, 0.05) is 11.1 Å². The van der Waals surface area contributed by atoms with Gasteiger partial charge in [0.15, 0.2) is 23.0 Å². The van der Waals surface area contributed by atoms with Crippen molar-refractivity contribution in [1.82, 2.24) is 0 Å². The zero-order valence-corrected chi connectivity index (χ0v) is 16.9. The molecule has 0 bridgehead atoms. The summed E-state index contributed by atoms with van der Waals surface area (Å²) in [7, 11) is 4.80. The van der Waals surface area contributed by atoms with E-state index in [-0.39, 0.29) is 12.5 Å². The second-order valence-electron chi connectivity index (χ2n) is 7.54. The second-order valence-corrected chi connectivity index (χ2v) is 7.54. The number of rotatable bonds is 3. The lowest BCUT2D eigenvalue weighted by atomic mass is 9.77. The van der Waals surface area contributed by atoms with E-state index in [0.717, 1.165) is 35.1 Å². The normalized spacial score (nSPS) is 19.9. The highest BCUT2D eigenvalue weighted by molar-refractivity contribution is 5.88. The molecule has 0 fully saturated rings. The number of hydrogen-bond acceptors (Lipinski definition) is 6. The van der Waals surface area contributed by atoms with Crippen LogP contribution in [0.2, 0.25) is 0 Å². The molecule has 1 heterocycles. The van der Waals surface area contributed by atoms with E-state index >= 15 is 0 Å². The van der Waals surface area contributed by atoms with E-state index in [1.165, 1.54) is 0 Å². The third-order valence-electron chi connectivity index (χ3n) is 5.94. The van der Waals surface area contributed by atoms with Crippen LogP contribution in [0.15, 0.2) is 12.1 Å². The Morgan fingerprint density at radius 1 is 0.857 bits per heavy atom. The summed E-state index contributed by atoms with van der Waals surface area (Å²) in [5.41, 5.74) is 3.59. The summed E-state index contributed by atoms with van der Waals surface area (Å²) in [6.45, 7) is 4.59. The van der Waals surface area contributed by atoms with Crippen LogP contribution in [0.5, 0.6) is 34.5 Å². The van der Waals surface area contributed by atoms with Crippen LogP contribution >= 0.6 is 0 Å². The molecule has 0 saturated carbocycles. The van der Waals surface area contributed by atoms with Gasteiger partial charge in [-0.2, -0.15) is 0 Å². The van der Waals surface area contributed by atoms with E-state index in [1.54, 1.807) is 21.3 Å². The van der Waals surface area contributed by atoms with Gasteiger partial charge in [-0.25, -0.2) is 0 Å². The standard InChI is InChI=1S/C22H26O6/c1-11-6-13-9-16-20(28-10-27-16)19(23)17(13)18-14(7-12(11)2)8-15(24-3)21(25-4)22(18)26-5/h8-9,11-12,23H,6-7,10H2,1-5H3/t11-,12-/m1/s1. The number of methoxy groups -OCH3 is 3. The highest BCUT2D eigenvalue weighted by atomic mass is 16.7. The second kappa shape index (κ2) is 7.00. The molecule has 4 rings (SSSR count). The summed E-state index contributed by atoms with van der Waals surface area (Å²) in [4.78, 5) is 0. The Morgan fingerprint density at radius 3 is 2.11 bits per heavy atom. The van der Waals surface area contributed by atoms with Gasteiger partial charge in [-0.15, -0.1) is 0 Å². The lowest BCUT2D eigenvalue weighted by Crippen LogP contribution is -2.18. The number of benzene rings is 2. The van der Waals surface area contributed by atoms with Crippen LogP contribution in [0.3, 0.4) is 0 Å². The van der Waals surface area contributed by atoms with Crippen LogP contribution in [-0.4, -0.2) is 33.2 Å². The summed E-state index contributed by atoms with van der Waals surface area (Å²) < 4.78 is 28.0. The summed E-state index contributed by atoms with van der Waals surface area (Å²) in [5, 5.41) is 11.1. The van der Waals surface area contributed by atoms with Crippen LogP contribution in [0, 0.1) is 11.8 Å². The fourth-order valence-electron chi connectivity index (χ4n) is 4.25. The molecule has 2 aromatic rings. The van der Waals surface area contributed by atoms with E-state index in [4.69, 9.17) is 23.7 Å². The number of hydrogen-bond donors (Lipinski definition) is 1. The maximum absolute atomic E-state index is 11.1. The van der Waals surface area contributed by atoms with Gasteiger partial charge < -0.3 is 28.8 Å². The molecule has 1 aliphatic carbocycles. The van der Waals surface area contributed by atoms with E-state index in [0.29, 0.717) is 40.6 Å². The molecule has 2 aromatic carbocycles. The average molecular weight is 386 g/mol. The molecule has 28 heavy (non-hydrogen) atoms. The van der Waals surface area contributed by atoms with Gasteiger partial charge in [0.25, 0.3) is 0 Å². The Labute approximate surface area is 164 Å². The summed E-state index contributed by atoms with van der Waals surface area (Å²) in [6, 6.07) is 3.96. The van der Waals surface area contributed by atoms with Crippen LogP contribution in [-0.2, 0) is 12.8 Å². The van der Waals surface area contributed by atoms with Crippen molar-refractivity contribution in [2.45, 2.75) is 26.7 Å². The van der Waals surface area contributed by atoms with Crippen molar-refractivity contribution in [2.24, 2.45) is 11.8 Å². The van der Waals surface area contributed by atoms with Gasteiger partial charge in [0.1, 0.15) is 0 Å². The SMILES string of the molecule is COc1cc2c(c(OC)c1OC)-c1c(cc3c(c1O)OCO3)C[C@@H](C)[C@H](C)C2. The number of fused-ring (bicyclic) bond motifs is 4. The van der Waals surface area contributed by atoms with Gasteiger partial charge in [0.2, 0.25) is 18.3 Å². The molecule has 150 valence electrons. The van der Waals surface area contributed by atoms with Gasteiger partial charge in [-0.1, -0.05) is 13.8 Å². The topological polar surface area (TPSA) is 66.4 Å². The molecule has 0 unspecified atom stereocenters. The number of ether oxygens (including phenoxy) is 5. The van der Waals surface area contributed by atoms with E-state index in [9.17, 15) is 5.11 Å². The molecule has 0 amide bonds. The minimum Gasteiger partial charge on any atom is -0.504 e. The monoisotopic (exact) mass is 386 g/mol. The predicted octanol–water partition coefficient (Wildman–Crippen LogP) is 4.18. The lowest BCUT2D eigenvalue weighted by molar-refractivity contribution is 0.171. The first-order valence-electron chi connectivity index (χ1n) is 9.46. The molecular formula is C22H26O6. The minimum absolute atomic E-state index is 0.0820. The third-order valence-corrected chi connectivity index (χ3v) is 5.94. The fraction of sp³-hybridized carbons (Fsp3) is 0.455. The first-order chi connectivity index (χ1) is 13.5. The van der Waals surface area contributed by atoms with Crippen molar-refractivity contribution in [2.75, 3.05) is 28.1 Å². The molecule has 0 saturated heterocycles. The lowest BCUT2D eigenvalue weighted by Gasteiger charge is -2.29. The largest absolute Gasteiger partial charge is 0.504 e. The Morgan fingerprint density at radius 2 is 1.50 bits per heavy atom. The van der Waals surface area contributed by atoms with Gasteiger partial charge in [0.05, 0.1) is 21.3 Å². The molecule has 0 radical (unpaired) electrons. The zero-order chi connectivity index (χ0) is 20.0. The molecule has 1 aliphatic heterocycles. The number of aromatic hydroxyl groups is 1. The number of phenolic OH excluding ortho intramolecular Hbond substituents is 1. The van der Waals surface area contributed by atoms with Gasteiger partial charge in [-0.05, 0) is 47.9 Å². The van der Waals surface area contributed by atoms with Gasteiger partial charge >= 0.3 is 0 Å².